The number of carbonyl (C=O) groups excluding carboxylic acids is 2. The van der Waals surface area contributed by atoms with Crippen LogP contribution in [0.5, 0.6) is 0 Å². The molecule has 0 saturated heterocycles. The van der Waals surface area contributed by atoms with Gasteiger partial charge >= 0.3 is 5.97 Å². The molecular weight excluding hydrogens is 462 g/mol. The maximum atomic E-state index is 13.8. The Morgan fingerprint density at radius 2 is 1.97 bits per heavy atom. The number of hydrogen-bond acceptors (Lipinski definition) is 6. The minimum atomic E-state index is -0.723. The van der Waals surface area contributed by atoms with Gasteiger partial charge in [0.15, 0.2) is 4.80 Å². The number of hydrogen-bond donors (Lipinski definition) is 1. The molecule has 2 aromatic carbocycles. The number of halogens is 1. The van der Waals surface area contributed by atoms with Gasteiger partial charge in [0.1, 0.15) is 4.53 Å². The van der Waals surface area contributed by atoms with E-state index in [0.29, 0.717) is 32.3 Å². The van der Waals surface area contributed by atoms with Gasteiger partial charge in [-0.1, -0.05) is 53.3 Å². The van der Waals surface area contributed by atoms with Gasteiger partial charge in [-0.2, -0.15) is 0 Å². The fourth-order valence-corrected chi connectivity index (χ4v) is 5.47. The van der Waals surface area contributed by atoms with E-state index in [1.807, 2.05) is 30.3 Å². The van der Waals surface area contributed by atoms with E-state index < -0.39 is 17.6 Å². The maximum Gasteiger partial charge on any atom is 0.338 e. The Bertz CT molecular complexity index is 1540. The molecule has 0 saturated carbocycles. The lowest BCUT2D eigenvalue weighted by Crippen LogP contribution is -2.40. The summed E-state index contributed by atoms with van der Waals surface area (Å²) in [6, 6.07) is 13.6. The standard InChI is InChI=1S/C24H18ClN3O4S/c1-3-32-23(31)17-12(2)26-24-28(19(17)13-7-5-4-6-8-13)22(30)20(33-24)18-15-11-14(25)9-10-16(15)27-21(18)29/h4-11,19H,3H2,1-2H3,(H,27,29)/b20-18-/t19-/m0/s1. The van der Waals surface area contributed by atoms with Crippen LogP contribution in [0.4, 0.5) is 5.69 Å². The molecule has 3 heterocycles. The van der Waals surface area contributed by atoms with Gasteiger partial charge in [-0.05, 0) is 37.6 Å². The topological polar surface area (TPSA) is 89.8 Å². The number of nitrogens with zero attached hydrogens (tertiary/aromatic N) is 2. The number of ether oxygens (including phenoxy) is 1. The van der Waals surface area contributed by atoms with Crippen molar-refractivity contribution in [3.05, 3.63) is 95.6 Å². The SMILES string of the molecule is CCOC(=O)C1=C(C)N=c2s/c(=C3\C(=O)Nc4ccc(Cl)cc43)c(=O)n2[C@H]1c1ccccc1. The molecule has 0 fully saturated rings. The van der Waals surface area contributed by atoms with Crippen LogP contribution in [-0.2, 0) is 14.3 Å². The van der Waals surface area contributed by atoms with Gasteiger partial charge in [0, 0.05) is 16.3 Å². The van der Waals surface area contributed by atoms with Crippen molar-refractivity contribution >= 4 is 46.1 Å². The van der Waals surface area contributed by atoms with Crippen molar-refractivity contribution in [3.63, 3.8) is 0 Å². The van der Waals surface area contributed by atoms with E-state index in [2.05, 4.69) is 10.3 Å². The van der Waals surface area contributed by atoms with Gasteiger partial charge in [-0.25, -0.2) is 9.79 Å². The summed E-state index contributed by atoms with van der Waals surface area (Å²) >= 11 is 7.28. The first kappa shape index (κ1) is 21.4. The average molecular weight is 480 g/mol. The highest BCUT2D eigenvalue weighted by atomic mass is 35.5. The van der Waals surface area contributed by atoms with E-state index in [9.17, 15) is 14.4 Å². The Morgan fingerprint density at radius 1 is 1.21 bits per heavy atom. The number of fused-ring (bicyclic) bond motifs is 2. The van der Waals surface area contributed by atoms with Crippen molar-refractivity contribution in [1.82, 2.24) is 4.57 Å². The van der Waals surface area contributed by atoms with Crippen molar-refractivity contribution in [1.29, 1.82) is 0 Å². The smallest absolute Gasteiger partial charge is 0.338 e. The number of nitrogens with one attached hydrogen (secondary N) is 1. The minimum Gasteiger partial charge on any atom is -0.463 e. The predicted octanol–water partition coefficient (Wildman–Crippen LogP) is 2.77. The number of esters is 1. The van der Waals surface area contributed by atoms with Crippen molar-refractivity contribution in [3.8, 4) is 0 Å². The van der Waals surface area contributed by atoms with Crippen molar-refractivity contribution in [2.45, 2.75) is 19.9 Å². The third kappa shape index (κ3) is 3.42. The van der Waals surface area contributed by atoms with Crippen molar-refractivity contribution in [2.24, 2.45) is 4.99 Å². The first-order chi connectivity index (χ1) is 15.9. The van der Waals surface area contributed by atoms with Crippen LogP contribution in [0.2, 0.25) is 5.02 Å². The molecule has 2 aliphatic rings. The quantitative estimate of drug-likeness (QED) is 0.585. The first-order valence-electron chi connectivity index (χ1n) is 10.3. The van der Waals surface area contributed by atoms with Crippen LogP contribution in [0.3, 0.4) is 0 Å². The zero-order valence-electron chi connectivity index (χ0n) is 17.7. The van der Waals surface area contributed by atoms with E-state index in [1.165, 1.54) is 4.57 Å². The number of aromatic nitrogens is 1. The number of benzene rings is 2. The van der Waals surface area contributed by atoms with Crippen LogP contribution >= 0.6 is 22.9 Å². The van der Waals surface area contributed by atoms with Crippen molar-refractivity contribution < 1.29 is 14.3 Å². The summed E-state index contributed by atoms with van der Waals surface area (Å²) < 4.78 is 7.00. The summed E-state index contributed by atoms with van der Waals surface area (Å²) in [4.78, 5) is 44.4. The zero-order valence-corrected chi connectivity index (χ0v) is 19.3. The van der Waals surface area contributed by atoms with Crippen LogP contribution in [0.15, 0.2) is 69.6 Å². The minimum absolute atomic E-state index is 0.198. The highest BCUT2D eigenvalue weighted by Gasteiger charge is 2.35. The Morgan fingerprint density at radius 3 is 2.70 bits per heavy atom. The highest BCUT2D eigenvalue weighted by Crippen LogP contribution is 2.33. The molecule has 3 aromatic rings. The number of amides is 1. The molecule has 2 aliphatic heterocycles. The zero-order chi connectivity index (χ0) is 23.3. The van der Waals surface area contributed by atoms with Crippen LogP contribution in [-0.4, -0.2) is 23.1 Å². The van der Waals surface area contributed by atoms with E-state index >= 15 is 0 Å². The molecule has 0 unspecified atom stereocenters. The van der Waals surface area contributed by atoms with E-state index in [4.69, 9.17) is 16.3 Å². The second kappa shape index (κ2) is 8.13. The third-order valence-electron chi connectivity index (χ3n) is 5.56. The summed E-state index contributed by atoms with van der Waals surface area (Å²) in [5, 5.41) is 3.24. The Balaban J connectivity index is 1.83. The Labute approximate surface area is 197 Å². The molecule has 1 amide bonds. The Kier molecular flexibility index (Phi) is 5.26. The molecule has 0 aliphatic carbocycles. The number of thiazole rings is 1. The van der Waals surface area contributed by atoms with Crippen molar-refractivity contribution in [2.75, 3.05) is 11.9 Å². The number of allylic oxidation sites excluding steroid dienone is 1. The van der Waals surface area contributed by atoms with E-state index in [-0.39, 0.29) is 22.6 Å². The lowest BCUT2D eigenvalue weighted by molar-refractivity contribution is -0.139. The van der Waals surface area contributed by atoms with Gasteiger partial charge < -0.3 is 10.1 Å². The molecule has 0 bridgehead atoms. The number of anilines is 1. The molecule has 1 atom stereocenters. The fraction of sp³-hybridized carbons (Fsp3) is 0.167. The van der Waals surface area contributed by atoms with E-state index in [0.717, 1.165) is 16.9 Å². The monoisotopic (exact) mass is 479 g/mol. The van der Waals surface area contributed by atoms with Gasteiger partial charge in [0.05, 0.1) is 29.5 Å². The Hall–Kier alpha value is -3.49. The summed E-state index contributed by atoms with van der Waals surface area (Å²) in [6.07, 6.45) is 0. The molecule has 7 nitrogen and oxygen atoms in total. The van der Waals surface area contributed by atoms with Gasteiger partial charge in [-0.15, -0.1) is 0 Å². The molecule has 0 radical (unpaired) electrons. The van der Waals surface area contributed by atoms with Crippen LogP contribution in [0.25, 0.3) is 5.57 Å². The highest BCUT2D eigenvalue weighted by molar-refractivity contribution is 7.07. The molecular formula is C24H18ClN3O4S. The van der Waals surface area contributed by atoms with Gasteiger partial charge in [-0.3, -0.25) is 14.2 Å². The predicted molar refractivity (Wildman–Crippen MR) is 126 cm³/mol. The molecule has 166 valence electrons. The third-order valence-corrected chi connectivity index (χ3v) is 6.85. The molecule has 33 heavy (non-hydrogen) atoms. The summed E-state index contributed by atoms with van der Waals surface area (Å²) in [5.41, 5.74) is 2.52. The largest absolute Gasteiger partial charge is 0.463 e. The normalized spacial score (nSPS) is 18.4. The number of carbonyl (C=O) groups is 2. The molecule has 1 N–H and O–H groups in total. The molecule has 1 aromatic heterocycles. The fourth-order valence-electron chi connectivity index (χ4n) is 4.16. The second-order valence-corrected chi connectivity index (χ2v) is 8.97. The van der Waals surface area contributed by atoms with Crippen LogP contribution < -0.4 is 20.2 Å². The summed E-state index contributed by atoms with van der Waals surface area (Å²) in [6.45, 7) is 3.65. The molecule has 9 heteroatoms. The van der Waals surface area contributed by atoms with E-state index in [1.54, 1.807) is 32.0 Å². The average Bonchev–Trinajstić information content (AvgIpc) is 3.28. The van der Waals surface area contributed by atoms with Gasteiger partial charge in [0.2, 0.25) is 0 Å². The first-order valence-corrected chi connectivity index (χ1v) is 11.5. The van der Waals surface area contributed by atoms with Crippen LogP contribution in [0, 0.1) is 0 Å². The molecule has 5 rings (SSSR count). The van der Waals surface area contributed by atoms with Crippen LogP contribution in [0.1, 0.15) is 31.0 Å². The number of rotatable bonds is 3. The molecule has 0 spiro atoms. The summed E-state index contributed by atoms with van der Waals surface area (Å²) in [7, 11) is 0. The maximum absolute atomic E-state index is 13.8. The van der Waals surface area contributed by atoms with Gasteiger partial charge in [0.25, 0.3) is 11.5 Å². The summed E-state index contributed by atoms with van der Waals surface area (Å²) in [5.74, 6) is -0.906. The lowest BCUT2D eigenvalue weighted by Gasteiger charge is -2.24. The lowest BCUT2D eigenvalue weighted by atomic mass is 9.96. The second-order valence-electron chi connectivity index (χ2n) is 7.55.